The molecule has 4 rings (SSSR count). The van der Waals surface area contributed by atoms with E-state index in [2.05, 4.69) is 15.2 Å². The monoisotopic (exact) mass is 360 g/mol. The zero-order valence-corrected chi connectivity index (χ0v) is 15.1. The van der Waals surface area contributed by atoms with Gasteiger partial charge in [-0.25, -0.2) is 9.97 Å². The van der Waals surface area contributed by atoms with Gasteiger partial charge in [0.2, 0.25) is 0 Å². The molecule has 2 aromatic carbocycles. The van der Waals surface area contributed by atoms with Crippen molar-refractivity contribution in [3.05, 3.63) is 59.8 Å². The van der Waals surface area contributed by atoms with E-state index in [1.54, 1.807) is 24.3 Å². The molecule has 1 fully saturated rings. The van der Waals surface area contributed by atoms with Gasteiger partial charge in [-0.15, -0.1) is 0 Å². The molecular formula is C21H20N4O2. The highest BCUT2D eigenvalue weighted by molar-refractivity contribution is 6.07. The highest BCUT2D eigenvalue weighted by Gasteiger charge is 2.23. The Bertz CT molecular complexity index is 1010. The van der Waals surface area contributed by atoms with E-state index in [9.17, 15) is 9.59 Å². The number of nitrogens with zero attached hydrogens (tertiary/aromatic N) is 3. The number of carbonyl (C=O) groups excluding carboxylic acids is 2. The summed E-state index contributed by atoms with van der Waals surface area (Å²) in [7, 11) is 0. The van der Waals surface area contributed by atoms with Gasteiger partial charge in [0.15, 0.2) is 17.3 Å². The van der Waals surface area contributed by atoms with Gasteiger partial charge in [0.05, 0.1) is 11.0 Å². The number of anilines is 2. The number of fused-ring (bicyclic) bond motifs is 1. The summed E-state index contributed by atoms with van der Waals surface area (Å²) in [5.74, 6) is 0.319. The number of carbonyl (C=O) groups is 2. The molecule has 3 aromatic rings. The van der Waals surface area contributed by atoms with Gasteiger partial charge in [0.1, 0.15) is 0 Å². The van der Waals surface area contributed by atoms with Crippen molar-refractivity contribution in [1.82, 2.24) is 9.97 Å². The van der Waals surface area contributed by atoms with Crippen molar-refractivity contribution in [2.75, 3.05) is 23.3 Å². The van der Waals surface area contributed by atoms with Crippen LogP contribution in [0.2, 0.25) is 0 Å². The lowest BCUT2D eigenvalue weighted by Crippen LogP contribution is -2.25. The van der Waals surface area contributed by atoms with Crippen LogP contribution < -0.4 is 10.2 Å². The molecule has 1 aliphatic heterocycles. The predicted molar refractivity (Wildman–Crippen MR) is 105 cm³/mol. The number of ketones is 1. The minimum Gasteiger partial charge on any atom is -0.355 e. The van der Waals surface area contributed by atoms with Crippen molar-refractivity contribution in [1.29, 1.82) is 0 Å². The standard InChI is InChI=1S/C21H20N4O2/c1-14(26)15-8-10-16(11-9-15)22-21(27)19-20(25-12-4-5-13-25)24-18-7-3-2-6-17(18)23-19/h2-3,6-11H,4-5,12-13H2,1H3,(H,22,27). The molecule has 1 aromatic heterocycles. The smallest absolute Gasteiger partial charge is 0.278 e. The summed E-state index contributed by atoms with van der Waals surface area (Å²) in [6.07, 6.45) is 2.17. The lowest BCUT2D eigenvalue weighted by Gasteiger charge is -2.19. The number of aromatic nitrogens is 2. The molecule has 0 spiro atoms. The van der Waals surface area contributed by atoms with E-state index in [4.69, 9.17) is 4.98 Å². The maximum atomic E-state index is 12.9. The van der Waals surface area contributed by atoms with Gasteiger partial charge in [-0.05, 0) is 56.2 Å². The molecule has 136 valence electrons. The van der Waals surface area contributed by atoms with Crippen LogP contribution in [0.5, 0.6) is 0 Å². The molecule has 1 aliphatic rings. The number of benzene rings is 2. The van der Waals surface area contributed by atoms with E-state index in [0.29, 0.717) is 28.3 Å². The topological polar surface area (TPSA) is 75.2 Å². The van der Waals surface area contributed by atoms with Crippen LogP contribution in [0.15, 0.2) is 48.5 Å². The van der Waals surface area contributed by atoms with Gasteiger partial charge in [-0.2, -0.15) is 0 Å². The van der Waals surface area contributed by atoms with E-state index in [-0.39, 0.29) is 11.7 Å². The fourth-order valence-corrected chi connectivity index (χ4v) is 3.27. The van der Waals surface area contributed by atoms with Crippen LogP contribution in [0.3, 0.4) is 0 Å². The van der Waals surface area contributed by atoms with E-state index in [0.717, 1.165) is 31.4 Å². The lowest BCUT2D eigenvalue weighted by molar-refractivity contribution is 0.101. The van der Waals surface area contributed by atoms with Crippen molar-refractivity contribution in [2.24, 2.45) is 0 Å². The normalized spacial score (nSPS) is 13.7. The molecule has 0 bridgehead atoms. The van der Waals surface area contributed by atoms with Crippen LogP contribution in [0, 0.1) is 0 Å². The minimum atomic E-state index is -0.300. The number of nitrogens with one attached hydrogen (secondary N) is 1. The fourth-order valence-electron chi connectivity index (χ4n) is 3.27. The van der Waals surface area contributed by atoms with E-state index in [1.807, 2.05) is 24.3 Å². The van der Waals surface area contributed by atoms with Gasteiger partial charge in [0, 0.05) is 24.3 Å². The summed E-state index contributed by atoms with van der Waals surface area (Å²) in [5.41, 5.74) is 3.02. The second-order valence-electron chi connectivity index (χ2n) is 6.67. The van der Waals surface area contributed by atoms with Gasteiger partial charge in [0.25, 0.3) is 5.91 Å². The summed E-state index contributed by atoms with van der Waals surface area (Å²) in [6.45, 7) is 3.27. The number of hydrogen-bond acceptors (Lipinski definition) is 5. The quantitative estimate of drug-likeness (QED) is 0.718. The number of hydrogen-bond donors (Lipinski definition) is 1. The van der Waals surface area contributed by atoms with Crippen LogP contribution in [0.25, 0.3) is 11.0 Å². The molecule has 0 saturated carbocycles. The average molecular weight is 360 g/mol. The number of para-hydroxylation sites is 2. The molecule has 0 aliphatic carbocycles. The van der Waals surface area contributed by atoms with Crippen molar-refractivity contribution >= 4 is 34.2 Å². The Hall–Kier alpha value is -3.28. The molecule has 1 saturated heterocycles. The highest BCUT2D eigenvalue weighted by Crippen LogP contribution is 2.25. The zero-order valence-electron chi connectivity index (χ0n) is 15.1. The molecule has 1 N–H and O–H groups in total. The maximum absolute atomic E-state index is 12.9. The van der Waals surface area contributed by atoms with Crippen LogP contribution in [-0.4, -0.2) is 34.7 Å². The first-order valence-electron chi connectivity index (χ1n) is 9.06. The Morgan fingerprint density at radius 1 is 0.926 bits per heavy atom. The second kappa shape index (κ2) is 7.15. The Morgan fingerprint density at radius 2 is 1.56 bits per heavy atom. The van der Waals surface area contributed by atoms with Crippen LogP contribution in [0.4, 0.5) is 11.5 Å². The summed E-state index contributed by atoms with van der Waals surface area (Å²) < 4.78 is 0. The third-order valence-electron chi connectivity index (χ3n) is 4.72. The van der Waals surface area contributed by atoms with Crippen molar-refractivity contribution in [3.8, 4) is 0 Å². The largest absolute Gasteiger partial charge is 0.355 e. The van der Waals surface area contributed by atoms with Gasteiger partial charge in [-0.3, -0.25) is 9.59 Å². The van der Waals surface area contributed by atoms with E-state index in [1.165, 1.54) is 6.92 Å². The van der Waals surface area contributed by atoms with Crippen molar-refractivity contribution < 1.29 is 9.59 Å². The SMILES string of the molecule is CC(=O)c1ccc(NC(=O)c2nc3ccccc3nc2N2CCCC2)cc1. The van der Waals surface area contributed by atoms with Crippen molar-refractivity contribution in [2.45, 2.75) is 19.8 Å². The third kappa shape index (κ3) is 3.51. The molecule has 6 nitrogen and oxygen atoms in total. The summed E-state index contributed by atoms with van der Waals surface area (Å²) in [4.78, 5) is 35.8. The number of rotatable bonds is 4. The molecule has 1 amide bonds. The van der Waals surface area contributed by atoms with Crippen LogP contribution >= 0.6 is 0 Å². The van der Waals surface area contributed by atoms with Gasteiger partial charge in [-0.1, -0.05) is 12.1 Å². The van der Waals surface area contributed by atoms with Gasteiger partial charge >= 0.3 is 0 Å². The third-order valence-corrected chi connectivity index (χ3v) is 4.72. The van der Waals surface area contributed by atoms with E-state index >= 15 is 0 Å². The summed E-state index contributed by atoms with van der Waals surface area (Å²) >= 11 is 0. The molecule has 2 heterocycles. The second-order valence-corrected chi connectivity index (χ2v) is 6.67. The first-order chi connectivity index (χ1) is 13.1. The molecule has 6 heteroatoms. The Balaban J connectivity index is 1.69. The summed E-state index contributed by atoms with van der Waals surface area (Å²) in [5, 5.41) is 2.87. The Morgan fingerprint density at radius 3 is 2.19 bits per heavy atom. The van der Waals surface area contributed by atoms with Crippen molar-refractivity contribution in [3.63, 3.8) is 0 Å². The first-order valence-corrected chi connectivity index (χ1v) is 9.06. The molecular weight excluding hydrogens is 340 g/mol. The summed E-state index contributed by atoms with van der Waals surface area (Å²) in [6, 6.07) is 14.4. The molecule has 0 unspecified atom stereocenters. The van der Waals surface area contributed by atoms with Crippen LogP contribution in [0.1, 0.15) is 40.6 Å². The Kier molecular flexibility index (Phi) is 4.54. The van der Waals surface area contributed by atoms with E-state index < -0.39 is 0 Å². The average Bonchev–Trinajstić information content (AvgIpc) is 3.22. The number of Topliss-reactive ketones (excluding diaryl/α,β-unsaturated/α-hetero) is 1. The molecule has 0 atom stereocenters. The molecule has 27 heavy (non-hydrogen) atoms. The molecule has 0 radical (unpaired) electrons. The Labute approximate surface area is 157 Å². The number of amides is 1. The zero-order chi connectivity index (χ0) is 18.8. The predicted octanol–water partition coefficient (Wildman–Crippen LogP) is 3.68. The van der Waals surface area contributed by atoms with Gasteiger partial charge < -0.3 is 10.2 Å². The fraction of sp³-hybridized carbons (Fsp3) is 0.238. The lowest BCUT2D eigenvalue weighted by atomic mass is 10.1. The van der Waals surface area contributed by atoms with Crippen LogP contribution in [-0.2, 0) is 0 Å². The minimum absolute atomic E-state index is 0.00964. The maximum Gasteiger partial charge on any atom is 0.278 e. The first kappa shape index (κ1) is 17.1. The highest BCUT2D eigenvalue weighted by atomic mass is 16.2.